The van der Waals surface area contributed by atoms with Crippen LogP contribution < -0.4 is 11.5 Å². The van der Waals surface area contributed by atoms with Crippen LogP contribution in [0.4, 0.5) is 13.6 Å². The zero-order valence-electron chi connectivity index (χ0n) is 19.6. The average Bonchev–Trinajstić information content (AvgIpc) is 3.33. The molecule has 192 valence electrons. The van der Waals surface area contributed by atoms with Gasteiger partial charge < -0.3 is 16.2 Å². The number of aromatic nitrogens is 3. The maximum absolute atomic E-state index is 14.5. The number of ether oxygens (including phenoxy) is 1. The lowest BCUT2D eigenvalue weighted by Crippen LogP contribution is -2.26. The van der Waals surface area contributed by atoms with Gasteiger partial charge in [0.25, 0.3) is 0 Å². The molecule has 2 aromatic heterocycles. The van der Waals surface area contributed by atoms with Crippen LogP contribution >= 0.6 is 0 Å². The van der Waals surface area contributed by atoms with Crippen molar-refractivity contribution in [1.82, 2.24) is 14.8 Å². The molecule has 1 unspecified atom stereocenters. The Hall–Kier alpha value is -4.16. The van der Waals surface area contributed by atoms with Crippen molar-refractivity contribution in [1.29, 1.82) is 0 Å². The first-order valence-corrected chi connectivity index (χ1v) is 12.7. The first-order chi connectivity index (χ1) is 17.7. The highest BCUT2D eigenvalue weighted by atomic mass is 32.2. The number of amides is 1. The summed E-state index contributed by atoms with van der Waals surface area (Å²) in [5, 5.41) is 4.64. The highest BCUT2D eigenvalue weighted by Gasteiger charge is 2.37. The summed E-state index contributed by atoms with van der Waals surface area (Å²) in [5.41, 5.74) is 11.9. The van der Waals surface area contributed by atoms with Crippen LogP contribution in [0.1, 0.15) is 23.5 Å². The van der Waals surface area contributed by atoms with Gasteiger partial charge in [0.2, 0.25) is 15.3 Å². The van der Waals surface area contributed by atoms with Crippen LogP contribution in [0.25, 0.3) is 22.4 Å². The molecule has 1 amide bonds. The first kappa shape index (κ1) is 25.9. The Morgan fingerprint density at radius 2 is 1.84 bits per heavy atom. The fourth-order valence-corrected chi connectivity index (χ4v) is 5.63. The van der Waals surface area contributed by atoms with E-state index >= 15 is 0 Å². The van der Waals surface area contributed by atoms with Gasteiger partial charge in [0, 0.05) is 48.4 Å². The molecular weight excluding hydrogens is 504 g/mol. The van der Waals surface area contributed by atoms with E-state index in [1.165, 1.54) is 12.1 Å². The Morgan fingerprint density at radius 1 is 1.11 bits per heavy atom. The molecule has 37 heavy (non-hydrogen) atoms. The maximum Gasteiger partial charge on any atom is 0.406 e. The number of carbonyl (C=O) groups is 1. The summed E-state index contributed by atoms with van der Waals surface area (Å²) < 4.78 is 62.1. The molecule has 4 rings (SSSR count). The Bertz CT molecular complexity index is 1560. The van der Waals surface area contributed by atoms with Crippen molar-refractivity contribution in [3.8, 4) is 22.4 Å². The highest BCUT2D eigenvalue weighted by Crippen LogP contribution is 2.39. The van der Waals surface area contributed by atoms with Crippen LogP contribution in [0.3, 0.4) is 0 Å². The van der Waals surface area contributed by atoms with Crippen LogP contribution in [0.15, 0.2) is 72.0 Å². The van der Waals surface area contributed by atoms with Crippen molar-refractivity contribution >= 4 is 15.9 Å². The summed E-state index contributed by atoms with van der Waals surface area (Å²) in [5.74, 6) is -2.20. The minimum Gasteiger partial charge on any atom is -0.425 e. The van der Waals surface area contributed by atoms with Crippen LogP contribution in [0.2, 0.25) is 0 Å². The molecule has 2 heterocycles. The number of primary amides is 1. The Labute approximate surface area is 211 Å². The van der Waals surface area contributed by atoms with Gasteiger partial charge in [0.15, 0.2) is 0 Å². The van der Waals surface area contributed by atoms with E-state index in [1.54, 1.807) is 35.3 Å². The van der Waals surface area contributed by atoms with Crippen LogP contribution in [0.5, 0.6) is 0 Å². The van der Waals surface area contributed by atoms with Crippen molar-refractivity contribution in [2.24, 2.45) is 11.5 Å². The van der Waals surface area contributed by atoms with Gasteiger partial charge in [-0.15, -0.1) is 0 Å². The van der Waals surface area contributed by atoms with Gasteiger partial charge in [0.05, 0.1) is 0 Å². The van der Waals surface area contributed by atoms with Gasteiger partial charge in [-0.05, 0) is 48.4 Å². The molecule has 0 bridgehead atoms. The molecule has 4 N–H and O–H groups in total. The first-order valence-electron chi connectivity index (χ1n) is 11.1. The molecular formula is C25H23F2N5O4S. The largest absolute Gasteiger partial charge is 0.425 e. The average molecular weight is 528 g/mol. The standard InChI is InChI=1S/C25H23F2N5O4S/c1-2-32-14-20(15-8-10-30-11-9-15)23(31-32)17-4-3-5-18(19(17)13-28)24(36-25(29)33)37(34,35)22-12-16(26)6-7-21(22)27/h3-12,14,24H,2,13,28H2,1H3,(H2,29,33). The fourth-order valence-electron chi connectivity index (χ4n) is 4.01. The third-order valence-corrected chi connectivity index (χ3v) is 7.55. The molecule has 4 aromatic rings. The minimum atomic E-state index is -4.82. The van der Waals surface area contributed by atoms with E-state index in [0.29, 0.717) is 29.9 Å². The van der Waals surface area contributed by atoms with E-state index in [-0.39, 0.29) is 17.7 Å². The number of nitrogens with zero attached hydrogens (tertiary/aromatic N) is 3. The predicted molar refractivity (Wildman–Crippen MR) is 131 cm³/mol. The molecule has 0 aliphatic rings. The summed E-state index contributed by atoms with van der Waals surface area (Å²) >= 11 is 0. The maximum atomic E-state index is 14.5. The second kappa shape index (κ2) is 10.4. The Balaban J connectivity index is 1.96. The predicted octanol–water partition coefficient (Wildman–Crippen LogP) is 3.94. The Kier molecular flexibility index (Phi) is 7.32. The number of hydrogen-bond donors (Lipinski definition) is 2. The van der Waals surface area contributed by atoms with Crippen molar-refractivity contribution < 1.29 is 26.7 Å². The second-order valence-corrected chi connectivity index (χ2v) is 9.91. The topological polar surface area (TPSA) is 143 Å². The number of sulfone groups is 1. The molecule has 0 saturated heterocycles. The number of aryl methyl sites for hydroxylation is 1. The van der Waals surface area contributed by atoms with Crippen LogP contribution in [-0.4, -0.2) is 29.3 Å². The minimum absolute atomic E-state index is 0.0609. The number of halogens is 2. The second-order valence-electron chi connectivity index (χ2n) is 7.95. The molecule has 12 heteroatoms. The van der Waals surface area contributed by atoms with E-state index in [1.807, 2.05) is 13.1 Å². The molecule has 0 aliphatic carbocycles. The SMILES string of the molecule is CCn1cc(-c2ccncc2)c(-c2cccc(C(OC(N)=O)S(=O)(=O)c3cc(F)ccc3F)c2CN)n1. The van der Waals surface area contributed by atoms with Crippen molar-refractivity contribution in [2.45, 2.75) is 30.3 Å². The lowest BCUT2D eigenvalue weighted by atomic mass is 9.95. The quantitative estimate of drug-likeness (QED) is 0.353. The van der Waals surface area contributed by atoms with Crippen molar-refractivity contribution in [3.63, 3.8) is 0 Å². The number of benzene rings is 2. The summed E-state index contributed by atoms with van der Waals surface area (Å²) in [4.78, 5) is 14.8. The van der Waals surface area contributed by atoms with Gasteiger partial charge in [0.1, 0.15) is 22.2 Å². The highest BCUT2D eigenvalue weighted by molar-refractivity contribution is 7.91. The van der Waals surface area contributed by atoms with E-state index in [2.05, 4.69) is 10.1 Å². The monoisotopic (exact) mass is 527 g/mol. The number of pyridine rings is 1. The zero-order valence-corrected chi connectivity index (χ0v) is 20.5. The van der Waals surface area contributed by atoms with E-state index in [0.717, 1.165) is 17.2 Å². The molecule has 2 aromatic carbocycles. The zero-order chi connectivity index (χ0) is 26.7. The Morgan fingerprint density at radius 3 is 2.49 bits per heavy atom. The number of rotatable bonds is 8. The molecule has 9 nitrogen and oxygen atoms in total. The van der Waals surface area contributed by atoms with E-state index in [9.17, 15) is 22.0 Å². The van der Waals surface area contributed by atoms with Gasteiger partial charge in [-0.1, -0.05) is 18.2 Å². The van der Waals surface area contributed by atoms with E-state index in [4.69, 9.17) is 16.2 Å². The summed E-state index contributed by atoms with van der Waals surface area (Å²) in [6, 6.07) is 10.1. The number of carbonyl (C=O) groups excluding carboxylic acids is 1. The fraction of sp³-hybridized carbons (Fsp3) is 0.160. The van der Waals surface area contributed by atoms with Gasteiger partial charge in [-0.3, -0.25) is 9.67 Å². The summed E-state index contributed by atoms with van der Waals surface area (Å²) in [6.45, 7) is 2.26. The van der Waals surface area contributed by atoms with Crippen LogP contribution in [0, 0.1) is 11.6 Å². The molecule has 0 saturated carbocycles. The third-order valence-electron chi connectivity index (χ3n) is 5.71. The third kappa shape index (κ3) is 5.06. The molecule has 0 fully saturated rings. The van der Waals surface area contributed by atoms with Crippen molar-refractivity contribution in [3.05, 3.63) is 89.9 Å². The van der Waals surface area contributed by atoms with Crippen LogP contribution in [-0.2, 0) is 27.7 Å². The lowest BCUT2D eigenvalue weighted by Gasteiger charge is -2.22. The number of nitrogens with two attached hydrogens (primary N) is 2. The molecule has 1 atom stereocenters. The smallest absolute Gasteiger partial charge is 0.406 e. The molecule has 0 spiro atoms. The molecule has 0 aliphatic heterocycles. The van der Waals surface area contributed by atoms with Gasteiger partial charge >= 0.3 is 6.09 Å². The normalized spacial score (nSPS) is 12.3. The van der Waals surface area contributed by atoms with Gasteiger partial charge in [-0.25, -0.2) is 22.0 Å². The molecule has 0 radical (unpaired) electrons. The lowest BCUT2D eigenvalue weighted by molar-refractivity contribution is 0.141. The summed E-state index contributed by atoms with van der Waals surface area (Å²) in [6.07, 6.45) is 3.65. The van der Waals surface area contributed by atoms with E-state index < -0.39 is 37.9 Å². The summed E-state index contributed by atoms with van der Waals surface area (Å²) in [7, 11) is -4.82. The van der Waals surface area contributed by atoms with Gasteiger partial charge in [-0.2, -0.15) is 5.10 Å². The number of hydrogen-bond acceptors (Lipinski definition) is 7. The van der Waals surface area contributed by atoms with Crippen molar-refractivity contribution in [2.75, 3.05) is 0 Å².